The fourth-order valence-corrected chi connectivity index (χ4v) is 2.71. The van der Waals surface area contributed by atoms with E-state index in [1.54, 1.807) is 11.3 Å². The van der Waals surface area contributed by atoms with Gasteiger partial charge in [0.1, 0.15) is 0 Å². The van der Waals surface area contributed by atoms with E-state index in [1.165, 1.54) is 11.1 Å². The van der Waals surface area contributed by atoms with Crippen molar-refractivity contribution < 1.29 is 5.11 Å². The first-order chi connectivity index (χ1) is 8.28. The Morgan fingerprint density at radius 3 is 2.88 bits per heavy atom. The van der Waals surface area contributed by atoms with Crippen molar-refractivity contribution in [2.24, 2.45) is 5.92 Å². The van der Waals surface area contributed by atoms with E-state index in [0.717, 1.165) is 17.8 Å². The highest BCUT2D eigenvalue weighted by Crippen LogP contribution is 2.16. The largest absolute Gasteiger partial charge is 0.396 e. The van der Waals surface area contributed by atoms with Crippen LogP contribution in [-0.4, -0.2) is 16.7 Å². The second-order valence-electron chi connectivity index (χ2n) is 4.37. The van der Waals surface area contributed by atoms with Crippen molar-refractivity contribution in [3.05, 3.63) is 52.0 Å². The first kappa shape index (κ1) is 12.3. The molecule has 1 atom stereocenters. The molecule has 0 spiro atoms. The molecule has 0 fully saturated rings. The SMILES string of the molecule is Cc1cccc(CC(CO)Cc2nccs2)c1. The van der Waals surface area contributed by atoms with Crippen molar-refractivity contribution in [2.45, 2.75) is 19.8 Å². The zero-order chi connectivity index (χ0) is 12.1. The minimum Gasteiger partial charge on any atom is -0.396 e. The highest BCUT2D eigenvalue weighted by molar-refractivity contribution is 7.09. The molecule has 0 aliphatic carbocycles. The summed E-state index contributed by atoms with van der Waals surface area (Å²) in [6.45, 7) is 2.31. The summed E-state index contributed by atoms with van der Waals surface area (Å²) in [4.78, 5) is 4.27. The molecule has 0 saturated carbocycles. The molecule has 2 aromatic rings. The predicted molar refractivity (Wildman–Crippen MR) is 71.3 cm³/mol. The highest BCUT2D eigenvalue weighted by Gasteiger charge is 2.11. The Bertz CT molecular complexity index is 453. The van der Waals surface area contributed by atoms with E-state index in [9.17, 15) is 5.11 Å². The molecule has 1 aromatic carbocycles. The molecule has 17 heavy (non-hydrogen) atoms. The first-order valence-corrected chi connectivity index (χ1v) is 6.70. The number of aryl methyl sites for hydroxylation is 1. The summed E-state index contributed by atoms with van der Waals surface area (Å²) >= 11 is 1.66. The van der Waals surface area contributed by atoms with Gasteiger partial charge in [0.2, 0.25) is 0 Å². The Morgan fingerprint density at radius 1 is 1.35 bits per heavy atom. The monoisotopic (exact) mass is 247 g/mol. The second kappa shape index (κ2) is 5.94. The maximum atomic E-state index is 9.43. The van der Waals surface area contributed by atoms with Crippen molar-refractivity contribution >= 4 is 11.3 Å². The molecule has 0 radical (unpaired) electrons. The van der Waals surface area contributed by atoms with Crippen molar-refractivity contribution in [1.29, 1.82) is 0 Å². The molecule has 1 unspecified atom stereocenters. The van der Waals surface area contributed by atoms with Gasteiger partial charge in [-0.05, 0) is 24.8 Å². The van der Waals surface area contributed by atoms with Crippen LogP contribution in [0.4, 0.5) is 0 Å². The first-order valence-electron chi connectivity index (χ1n) is 5.82. The quantitative estimate of drug-likeness (QED) is 0.881. The van der Waals surface area contributed by atoms with E-state index in [-0.39, 0.29) is 12.5 Å². The van der Waals surface area contributed by atoms with Gasteiger partial charge in [0.05, 0.1) is 5.01 Å². The third-order valence-corrected chi connectivity index (χ3v) is 3.61. The molecule has 1 aromatic heterocycles. The normalized spacial score (nSPS) is 12.6. The maximum absolute atomic E-state index is 9.43. The molecule has 3 heteroatoms. The number of aliphatic hydroxyl groups excluding tert-OH is 1. The molecular weight excluding hydrogens is 230 g/mol. The summed E-state index contributed by atoms with van der Waals surface area (Å²) < 4.78 is 0. The van der Waals surface area contributed by atoms with Gasteiger partial charge in [-0.15, -0.1) is 11.3 Å². The van der Waals surface area contributed by atoms with Gasteiger partial charge in [-0.2, -0.15) is 0 Å². The van der Waals surface area contributed by atoms with Crippen LogP contribution in [0.1, 0.15) is 16.1 Å². The van der Waals surface area contributed by atoms with E-state index in [1.807, 2.05) is 11.6 Å². The number of aliphatic hydroxyl groups is 1. The van der Waals surface area contributed by atoms with Crippen LogP contribution in [0.2, 0.25) is 0 Å². The average molecular weight is 247 g/mol. The van der Waals surface area contributed by atoms with Gasteiger partial charge < -0.3 is 5.11 Å². The summed E-state index contributed by atoms with van der Waals surface area (Å²) in [5.41, 5.74) is 2.56. The third kappa shape index (κ3) is 3.65. The van der Waals surface area contributed by atoms with Gasteiger partial charge in [-0.3, -0.25) is 0 Å². The summed E-state index contributed by atoms with van der Waals surface area (Å²) in [6, 6.07) is 8.47. The Morgan fingerprint density at radius 2 is 2.24 bits per heavy atom. The van der Waals surface area contributed by atoms with Crippen LogP contribution in [0.3, 0.4) is 0 Å². The lowest BCUT2D eigenvalue weighted by atomic mass is 9.96. The number of thiazole rings is 1. The van der Waals surface area contributed by atoms with E-state index in [4.69, 9.17) is 0 Å². The van der Waals surface area contributed by atoms with Gasteiger partial charge >= 0.3 is 0 Å². The fourth-order valence-electron chi connectivity index (χ4n) is 1.97. The lowest BCUT2D eigenvalue weighted by Gasteiger charge is -2.12. The Balaban J connectivity index is 2.00. The van der Waals surface area contributed by atoms with Crippen molar-refractivity contribution in [3.8, 4) is 0 Å². The third-order valence-electron chi connectivity index (χ3n) is 2.81. The Kier molecular flexibility index (Phi) is 4.29. The smallest absolute Gasteiger partial charge is 0.0928 e. The summed E-state index contributed by atoms with van der Waals surface area (Å²) in [5, 5.41) is 12.5. The number of hydrogen-bond donors (Lipinski definition) is 1. The van der Waals surface area contributed by atoms with Gasteiger partial charge in [0.15, 0.2) is 0 Å². The summed E-state index contributed by atoms with van der Waals surface area (Å²) in [7, 11) is 0. The highest BCUT2D eigenvalue weighted by atomic mass is 32.1. The fraction of sp³-hybridized carbons (Fsp3) is 0.357. The average Bonchev–Trinajstić information content (AvgIpc) is 2.81. The maximum Gasteiger partial charge on any atom is 0.0928 e. The van der Waals surface area contributed by atoms with Crippen LogP contribution < -0.4 is 0 Å². The van der Waals surface area contributed by atoms with Crippen LogP contribution in [0.5, 0.6) is 0 Å². The van der Waals surface area contributed by atoms with E-state index in [0.29, 0.717) is 0 Å². The minimum atomic E-state index is 0.216. The minimum absolute atomic E-state index is 0.216. The number of rotatable bonds is 5. The Labute approximate surface area is 106 Å². The van der Waals surface area contributed by atoms with Crippen LogP contribution >= 0.6 is 11.3 Å². The number of hydrogen-bond acceptors (Lipinski definition) is 3. The predicted octanol–water partition coefficient (Wildman–Crippen LogP) is 2.85. The number of nitrogens with zero attached hydrogens (tertiary/aromatic N) is 1. The van der Waals surface area contributed by atoms with Crippen LogP contribution in [0.25, 0.3) is 0 Å². The molecule has 2 nitrogen and oxygen atoms in total. The van der Waals surface area contributed by atoms with Gasteiger partial charge in [0, 0.05) is 24.6 Å². The molecule has 0 saturated heterocycles. The molecular formula is C14H17NOS. The number of aromatic nitrogens is 1. The van der Waals surface area contributed by atoms with Crippen LogP contribution in [0, 0.1) is 12.8 Å². The Hall–Kier alpha value is -1.19. The standard InChI is InChI=1S/C14H17NOS/c1-11-3-2-4-12(7-11)8-13(10-16)9-14-15-5-6-17-14/h2-7,13,16H,8-10H2,1H3. The topological polar surface area (TPSA) is 33.1 Å². The molecule has 0 aliphatic rings. The van der Waals surface area contributed by atoms with E-state index >= 15 is 0 Å². The zero-order valence-electron chi connectivity index (χ0n) is 9.97. The van der Waals surface area contributed by atoms with Gasteiger partial charge in [-0.1, -0.05) is 29.8 Å². The molecule has 0 amide bonds. The zero-order valence-corrected chi connectivity index (χ0v) is 10.8. The van der Waals surface area contributed by atoms with Crippen LogP contribution in [0.15, 0.2) is 35.8 Å². The van der Waals surface area contributed by atoms with E-state index < -0.39 is 0 Å². The lowest BCUT2D eigenvalue weighted by molar-refractivity contribution is 0.225. The van der Waals surface area contributed by atoms with Crippen LogP contribution in [-0.2, 0) is 12.8 Å². The molecule has 1 N–H and O–H groups in total. The second-order valence-corrected chi connectivity index (χ2v) is 5.35. The summed E-state index contributed by atoms with van der Waals surface area (Å²) in [5.74, 6) is 0.267. The van der Waals surface area contributed by atoms with Crippen molar-refractivity contribution in [1.82, 2.24) is 4.98 Å². The molecule has 2 rings (SSSR count). The molecule has 1 heterocycles. The van der Waals surface area contributed by atoms with Gasteiger partial charge in [-0.25, -0.2) is 4.98 Å². The van der Waals surface area contributed by atoms with Crippen molar-refractivity contribution in [3.63, 3.8) is 0 Å². The molecule has 0 bridgehead atoms. The lowest BCUT2D eigenvalue weighted by Crippen LogP contribution is -2.12. The summed E-state index contributed by atoms with van der Waals surface area (Å²) in [6.07, 6.45) is 3.60. The number of benzene rings is 1. The van der Waals surface area contributed by atoms with Gasteiger partial charge in [0.25, 0.3) is 0 Å². The van der Waals surface area contributed by atoms with E-state index in [2.05, 4.69) is 36.2 Å². The molecule has 90 valence electrons. The molecule has 0 aliphatic heterocycles. The van der Waals surface area contributed by atoms with Crippen molar-refractivity contribution in [2.75, 3.05) is 6.61 Å².